The fourth-order valence-corrected chi connectivity index (χ4v) is 4.11. The van der Waals surface area contributed by atoms with Crippen molar-refractivity contribution in [3.05, 3.63) is 57.5 Å². The van der Waals surface area contributed by atoms with E-state index in [-0.39, 0.29) is 4.90 Å². The van der Waals surface area contributed by atoms with E-state index in [4.69, 9.17) is 16.3 Å². The second-order valence-electron chi connectivity index (χ2n) is 4.69. The monoisotopic (exact) mass is 403 g/mol. The number of hydrogen-bond acceptors (Lipinski definition) is 3. The lowest BCUT2D eigenvalue weighted by molar-refractivity contribution is 0.411. The Hall–Kier alpha value is -1.08. The largest absolute Gasteiger partial charge is 0.496 e. The van der Waals surface area contributed by atoms with E-state index in [1.54, 1.807) is 31.2 Å². The summed E-state index contributed by atoms with van der Waals surface area (Å²) in [6, 6.07) is 11.3. The van der Waals surface area contributed by atoms with Crippen molar-refractivity contribution in [2.45, 2.75) is 17.9 Å². The number of rotatable bonds is 5. The van der Waals surface area contributed by atoms with Gasteiger partial charge in [0.1, 0.15) is 5.75 Å². The summed E-state index contributed by atoms with van der Waals surface area (Å²) in [5.41, 5.74) is 0.795. The van der Waals surface area contributed by atoms with Gasteiger partial charge in [-0.1, -0.05) is 23.7 Å². The highest BCUT2D eigenvalue weighted by molar-refractivity contribution is 9.10. The predicted octanol–water partition coefficient (Wildman–Crippen LogP) is 4.15. The number of benzene rings is 2. The second kappa shape index (κ2) is 7.00. The van der Waals surface area contributed by atoms with Crippen molar-refractivity contribution in [3.63, 3.8) is 0 Å². The molecule has 0 saturated heterocycles. The topological polar surface area (TPSA) is 55.4 Å². The number of nitrogens with one attached hydrogen (secondary N) is 1. The molecule has 0 aliphatic heterocycles. The predicted molar refractivity (Wildman–Crippen MR) is 90.9 cm³/mol. The van der Waals surface area contributed by atoms with Crippen LogP contribution < -0.4 is 9.46 Å². The van der Waals surface area contributed by atoms with Gasteiger partial charge in [-0.15, -0.1) is 0 Å². The lowest BCUT2D eigenvalue weighted by atomic mass is 10.1. The van der Waals surface area contributed by atoms with E-state index in [1.807, 2.05) is 6.07 Å². The van der Waals surface area contributed by atoms with Crippen molar-refractivity contribution < 1.29 is 13.2 Å². The van der Waals surface area contributed by atoms with Crippen LogP contribution >= 0.6 is 27.5 Å². The summed E-state index contributed by atoms with van der Waals surface area (Å²) in [6.45, 7) is 1.77. The van der Waals surface area contributed by atoms with E-state index in [1.165, 1.54) is 19.2 Å². The molecule has 0 saturated carbocycles. The SMILES string of the molecule is COc1ccc(S(=O)(=O)N[C@@H](C)c2cccc(Cl)c2)cc1Br. The molecule has 0 amide bonds. The van der Waals surface area contributed by atoms with Crippen LogP contribution in [0.4, 0.5) is 0 Å². The van der Waals surface area contributed by atoms with Crippen LogP contribution in [0.15, 0.2) is 51.8 Å². The van der Waals surface area contributed by atoms with Gasteiger partial charge in [-0.25, -0.2) is 13.1 Å². The van der Waals surface area contributed by atoms with Crippen LogP contribution in [-0.2, 0) is 10.0 Å². The van der Waals surface area contributed by atoms with Crippen molar-refractivity contribution in [1.29, 1.82) is 0 Å². The summed E-state index contributed by atoms with van der Waals surface area (Å²) < 4.78 is 33.2. The van der Waals surface area contributed by atoms with Gasteiger partial charge in [0.15, 0.2) is 0 Å². The Kier molecular flexibility index (Phi) is 5.50. The zero-order valence-corrected chi connectivity index (χ0v) is 15.2. The zero-order chi connectivity index (χ0) is 16.3. The third kappa shape index (κ3) is 4.01. The molecule has 118 valence electrons. The smallest absolute Gasteiger partial charge is 0.241 e. The van der Waals surface area contributed by atoms with Gasteiger partial charge in [-0.05, 0) is 58.7 Å². The molecule has 7 heteroatoms. The summed E-state index contributed by atoms with van der Waals surface area (Å²) >= 11 is 9.22. The van der Waals surface area contributed by atoms with Crippen molar-refractivity contribution in [2.24, 2.45) is 0 Å². The molecule has 2 aromatic rings. The molecular weight excluding hydrogens is 390 g/mol. The third-order valence-electron chi connectivity index (χ3n) is 3.11. The van der Waals surface area contributed by atoms with E-state index >= 15 is 0 Å². The number of ether oxygens (including phenoxy) is 1. The fraction of sp³-hybridized carbons (Fsp3) is 0.200. The van der Waals surface area contributed by atoms with Crippen molar-refractivity contribution in [1.82, 2.24) is 4.72 Å². The second-order valence-corrected chi connectivity index (χ2v) is 7.70. The highest BCUT2D eigenvalue weighted by Gasteiger charge is 2.19. The normalized spacial score (nSPS) is 12.9. The van der Waals surface area contributed by atoms with Crippen molar-refractivity contribution >= 4 is 37.6 Å². The van der Waals surface area contributed by atoms with Crippen LogP contribution in [0.3, 0.4) is 0 Å². The first-order valence-electron chi connectivity index (χ1n) is 6.45. The van der Waals surface area contributed by atoms with E-state index in [0.717, 1.165) is 5.56 Å². The minimum absolute atomic E-state index is 0.161. The Labute approximate surface area is 143 Å². The molecule has 0 radical (unpaired) electrons. The summed E-state index contributed by atoms with van der Waals surface area (Å²) in [5, 5.41) is 0.565. The molecule has 0 bridgehead atoms. The Morgan fingerprint density at radius 3 is 2.55 bits per heavy atom. The van der Waals surface area contributed by atoms with Crippen LogP contribution in [0.2, 0.25) is 5.02 Å². The van der Waals surface area contributed by atoms with Crippen LogP contribution in [0.5, 0.6) is 5.75 Å². The molecule has 0 aliphatic rings. The molecular formula is C15H15BrClNO3S. The molecule has 0 aliphatic carbocycles. The van der Waals surface area contributed by atoms with Gasteiger partial charge in [-0.3, -0.25) is 0 Å². The minimum atomic E-state index is -3.65. The summed E-state index contributed by atoms with van der Waals surface area (Å²) in [7, 11) is -2.13. The van der Waals surface area contributed by atoms with Crippen molar-refractivity contribution in [3.8, 4) is 5.75 Å². The van der Waals surface area contributed by atoms with E-state index in [2.05, 4.69) is 20.7 Å². The van der Waals surface area contributed by atoms with Gasteiger partial charge in [0.05, 0.1) is 16.5 Å². The molecule has 4 nitrogen and oxygen atoms in total. The average Bonchev–Trinajstić information content (AvgIpc) is 2.46. The first kappa shape index (κ1) is 17.3. The summed E-state index contributed by atoms with van der Waals surface area (Å²) in [6.07, 6.45) is 0. The molecule has 22 heavy (non-hydrogen) atoms. The Morgan fingerprint density at radius 1 is 1.23 bits per heavy atom. The molecule has 1 N–H and O–H groups in total. The van der Waals surface area contributed by atoms with Gasteiger partial charge in [0.2, 0.25) is 10.0 Å². The third-order valence-corrected chi connectivity index (χ3v) is 5.51. The average molecular weight is 405 g/mol. The maximum atomic E-state index is 12.4. The van der Waals surface area contributed by atoms with Gasteiger partial charge in [-0.2, -0.15) is 0 Å². The van der Waals surface area contributed by atoms with Crippen molar-refractivity contribution in [2.75, 3.05) is 7.11 Å². The molecule has 0 fully saturated rings. The molecule has 0 spiro atoms. The molecule has 2 aromatic carbocycles. The Bertz CT molecular complexity index is 780. The Morgan fingerprint density at radius 2 is 1.95 bits per heavy atom. The number of hydrogen-bond donors (Lipinski definition) is 1. The van der Waals surface area contributed by atoms with E-state index in [0.29, 0.717) is 15.2 Å². The zero-order valence-electron chi connectivity index (χ0n) is 12.0. The van der Waals surface area contributed by atoms with E-state index in [9.17, 15) is 8.42 Å². The number of methoxy groups -OCH3 is 1. The molecule has 2 rings (SSSR count). The molecule has 0 aromatic heterocycles. The van der Waals surface area contributed by atoms with Crippen LogP contribution in [-0.4, -0.2) is 15.5 Å². The Balaban J connectivity index is 2.25. The lowest BCUT2D eigenvalue weighted by Crippen LogP contribution is -2.26. The van der Waals surface area contributed by atoms with Crippen LogP contribution in [0.1, 0.15) is 18.5 Å². The molecule has 0 heterocycles. The number of halogens is 2. The maximum absolute atomic E-state index is 12.4. The first-order chi connectivity index (χ1) is 10.3. The maximum Gasteiger partial charge on any atom is 0.241 e. The first-order valence-corrected chi connectivity index (χ1v) is 9.10. The van der Waals surface area contributed by atoms with Gasteiger partial charge >= 0.3 is 0 Å². The highest BCUT2D eigenvalue weighted by Crippen LogP contribution is 2.28. The standard InChI is InChI=1S/C15H15BrClNO3S/c1-10(11-4-3-5-12(17)8-11)18-22(19,20)13-6-7-15(21-2)14(16)9-13/h3-10,18H,1-2H3/t10-/m0/s1. The lowest BCUT2D eigenvalue weighted by Gasteiger charge is -2.15. The van der Waals surface area contributed by atoms with E-state index < -0.39 is 16.1 Å². The van der Waals surface area contributed by atoms with Gasteiger partial charge in [0, 0.05) is 11.1 Å². The van der Waals surface area contributed by atoms with Crippen LogP contribution in [0.25, 0.3) is 0 Å². The van der Waals surface area contributed by atoms with Crippen LogP contribution in [0, 0.1) is 0 Å². The highest BCUT2D eigenvalue weighted by atomic mass is 79.9. The molecule has 1 atom stereocenters. The summed E-state index contributed by atoms with van der Waals surface area (Å²) in [4.78, 5) is 0.161. The molecule has 0 unspecified atom stereocenters. The quantitative estimate of drug-likeness (QED) is 0.814. The van der Waals surface area contributed by atoms with Gasteiger partial charge < -0.3 is 4.74 Å². The number of sulfonamides is 1. The summed E-state index contributed by atoms with van der Waals surface area (Å²) in [5.74, 6) is 0.571. The fourth-order valence-electron chi connectivity index (χ4n) is 1.96. The minimum Gasteiger partial charge on any atom is -0.496 e. The van der Waals surface area contributed by atoms with Gasteiger partial charge in [0.25, 0.3) is 0 Å².